The van der Waals surface area contributed by atoms with Gasteiger partial charge in [-0.2, -0.15) is 0 Å². The summed E-state index contributed by atoms with van der Waals surface area (Å²) in [6.07, 6.45) is 1.13. The lowest BCUT2D eigenvalue weighted by atomic mass is 9.95. The Labute approximate surface area is 111 Å². The molecule has 3 heteroatoms. The first-order chi connectivity index (χ1) is 8.83. The van der Waals surface area contributed by atoms with Crippen LogP contribution in [0.5, 0.6) is 0 Å². The van der Waals surface area contributed by atoms with Gasteiger partial charge < -0.3 is 9.84 Å². The molecule has 0 saturated carbocycles. The van der Waals surface area contributed by atoms with Crippen LogP contribution in [0.4, 0.5) is 0 Å². The van der Waals surface area contributed by atoms with Gasteiger partial charge in [-0.25, -0.2) is 0 Å². The Morgan fingerprint density at radius 1 is 1.00 bits per heavy atom. The molecule has 1 aromatic carbocycles. The standard InChI is InChI=1S/C15H16O2S/c16-12-9-13(11-5-2-1-3-6-11)17-14(10-12)15-7-4-8-18-15/h1-8,12-14,16H,9-10H2/t12-,13-,14+/m1/s1. The van der Waals surface area contributed by atoms with Crippen molar-refractivity contribution in [3.05, 3.63) is 58.3 Å². The van der Waals surface area contributed by atoms with Crippen LogP contribution in [-0.2, 0) is 4.74 Å². The van der Waals surface area contributed by atoms with Gasteiger partial charge in [-0.1, -0.05) is 36.4 Å². The molecule has 18 heavy (non-hydrogen) atoms. The monoisotopic (exact) mass is 260 g/mol. The van der Waals surface area contributed by atoms with E-state index in [0.717, 1.165) is 5.56 Å². The number of aliphatic hydroxyl groups is 1. The van der Waals surface area contributed by atoms with E-state index in [1.165, 1.54) is 4.88 Å². The topological polar surface area (TPSA) is 29.5 Å². The largest absolute Gasteiger partial charge is 0.393 e. The van der Waals surface area contributed by atoms with E-state index >= 15 is 0 Å². The number of thiophene rings is 1. The van der Waals surface area contributed by atoms with Crippen molar-refractivity contribution < 1.29 is 9.84 Å². The molecule has 1 saturated heterocycles. The molecule has 1 N–H and O–H groups in total. The maximum atomic E-state index is 10.0. The highest BCUT2D eigenvalue weighted by molar-refractivity contribution is 7.10. The Morgan fingerprint density at radius 3 is 2.50 bits per heavy atom. The van der Waals surface area contributed by atoms with Gasteiger partial charge in [-0.15, -0.1) is 11.3 Å². The molecule has 1 fully saturated rings. The molecular weight excluding hydrogens is 244 g/mol. The second-order valence-corrected chi connectivity index (χ2v) is 5.64. The average Bonchev–Trinajstić information content (AvgIpc) is 2.93. The van der Waals surface area contributed by atoms with Crippen molar-refractivity contribution in [2.24, 2.45) is 0 Å². The number of benzene rings is 1. The van der Waals surface area contributed by atoms with Crippen LogP contribution in [0.3, 0.4) is 0 Å². The lowest BCUT2D eigenvalue weighted by molar-refractivity contribution is -0.0984. The van der Waals surface area contributed by atoms with Crippen LogP contribution in [0.1, 0.15) is 35.5 Å². The van der Waals surface area contributed by atoms with E-state index in [2.05, 4.69) is 23.6 Å². The zero-order chi connectivity index (χ0) is 12.4. The molecule has 0 unspecified atom stereocenters. The van der Waals surface area contributed by atoms with Crippen molar-refractivity contribution in [1.29, 1.82) is 0 Å². The summed E-state index contributed by atoms with van der Waals surface area (Å²) in [5.74, 6) is 0. The van der Waals surface area contributed by atoms with E-state index in [1.54, 1.807) is 11.3 Å². The maximum Gasteiger partial charge on any atom is 0.0949 e. The molecule has 3 atom stereocenters. The molecular formula is C15H16O2S. The van der Waals surface area contributed by atoms with E-state index in [9.17, 15) is 5.11 Å². The van der Waals surface area contributed by atoms with E-state index in [-0.39, 0.29) is 18.3 Å². The minimum absolute atomic E-state index is 0.00190. The molecule has 0 radical (unpaired) electrons. The molecule has 0 aliphatic carbocycles. The van der Waals surface area contributed by atoms with Gasteiger partial charge in [0.05, 0.1) is 18.3 Å². The molecule has 0 bridgehead atoms. The summed E-state index contributed by atoms with van der Waals surface area (Å²) >= 11 is 1.69. The van der Waals surface area contributed by atoms with Crippen LogP contribution in [0.15, 0.2) is 47.8 Å². The van der Waals surface area contributed by atoms with Crippen molar-refractivity contribution in [2.75, 3.05) is 0 Å². The molecule has 2 heterocycles. The zero-order valence-electron chi connectivity index (χ0n) is 10.0. The van der Waals surface area contributed by atoms with Gasteiger partial charge in [0.15, 0.2) is 0 Å². The predicted molar refractivity (Wildman–Crippen MR) is 72.6 cm³/mol. The van der Waals surface area contributed by atoms with Gasteiger partial charge in [0.1, 0.15) is 0 Å². The third-order valence-electron chi connectivity index (χ3n) is 3.33. The van der Waals surface area contributed by atoms with Gasteiger partial charge in [0, 0.05) is 17.7 Å². The van der Waals surface area contributed by atoms with Crippen molar-refractivity contribution in [3.63, 3.8) is 0 Å². The van der Waals surface area contributed by atoms with Gasteiger partial charge in [0.2, 0.25) is 0 Å². The smallest absolute Gasteiger partial charge is 0.0949 e. The fraction of sp³-hybridized carbons (Fsp3) is 0.333. The normalized spacial score (nSPS) is 28.2. The first-order valence-electron chi connectivity index (χ1n) is 6.25. The van der Waals surface area contributed by atoms with Gasteiger partial charge in [-0.3, -0.25) is 0 Å². The fourth-order valence-electron chi connectivity index (χ4n) is 2.44. The Kier molecular flexibility index (Phi) is 3.46. The third kappa shape index (κ3) is 2.48. The molecule has 1 aromatic heterocycles. The van der Waals surface area contributed by atoms with Crippen molar-refractivity contribution >= 4 is 11.3 Å². The summed E-state index contributed by atoms with van der Waals surface area (Å²) in [4.78, 5) is 1.20. The van der Waals surface area contributed by atoms with Crippen molar-refractivity contribution in [3.8, 4) is 0 Å². The lowest BCUT2D eigenvalue weighted by Gasteiger charge is -2.33. The van der Waals surface area contributed by atoms with E-state index in [1.807, 2.05) is 24.3 Å². The van der Waals surface area contributed by atoms with Crippen LogP contribution in [0, 0.1) is 0 Å². The lowest BCUT2D eigenvalue weighted by Crippen LogP contribution is -2.26. The number of hydrogen-bond acceptors (Lipinski definition) is 3. The molecule has 2 aromatic rings. The van der Waals surface area contributed by atoms with Crippen LogP contribution >= 0.6 is 11.3 Å². The summed E-state index contributed by atoms with van der Waals surface area (Å²) in [6.45, 7) is 0. The zero-order valence-corrected chi connectivity index (χ0v) is 10.8. The first kappa shape index (κ1) is 11.9. The minimum atomic E-state index is -0.281. The molecule has 1 aliphatic heterocycles. The summed E-state index contributed by atoms with van der Waals surface area (Å²) in [6, 6.07) is 14.3. The van der Waals surface area contributed by atoms with Crippen molar-refractivity contribution in [2.45, 2.75) is 31.2 Å². The Bertz CT molecular complexity index is 480. The number of rotatable bonds is 2. The quantitative estimate of drug-likeness (QED) is 0.892. The molecule has 2 nitrogen and oxygen atoms in total. The molecule has 0 spiro atoms. The van der Waals surface area contributed by atoms with E-state index in [0.29, 0.717) is 12.8 Å². The first-order valence-corrected chi connectivity index (χ1v) is 7.13. The SMILES string of the molecule is O[C@H]1C[C@@H](c2cccs2)O[C@@H](c2ccccc2)C1. The van der Waals surface area contributed by atoms with Crippen LogP contribution < -0.4 is 0 Å². The predicted octanol–water partition coefficient (Wildman–Crippen LogP) is 3.70. The molecule has 0 amide bonds. The maximum absolute atomic E-state index is 10.0. The summed E-state index contributed by atoms with van der Waals surface area (Å²) in [5.41, 5.74) is 1.15. The number of hydrogen-bond donors (Lipinski definition) is 1. The highest BCUT2D eigenvalue weighted by atomic mass is 32.1. The highest BCUT2D eigenvalue weighted by Gasteiger charge is 2.30. The second kappa shape index (κ2) is 5.22. The molecule has 3 rings (SSSR count). The van der Waals surface area contributed by atoms with E-state index < -0.39 is 0 Å². The number of aliphatic hydroxyl groups excluding tert-OH is 1. The van der Waals surface area contributed by atoms with Gasteiger partial charge in [0.25, 0.3) is 0 Å². The Morgan fingerprint density at radius 2 is 1.78 bits per heavy atom. The highest BCUT2D eigenvalue weighted by Crippen LogP contribution is 2.39. The fourth-order valence-corrected chi connectivity index (χ4v) is 3.21. The minimum Gasteiger partial charge on any atom is -0.393 e. The van der Waals surface area contributed by atoms with Gasteiger partial charge in [-0.05, 0) is 17.0 Å². The number of ether oxygens (including phenoxy) is 1. The summed E-state index contributed by atoms with van der Waals surface area (Å²) < 4.78 is 6.14. The summed E-state index contributed by atoms with van der Waals surface area (Å²) in [7, 11) is 0. The van der Waals surface area contributed by atoms with Crippen molar-refractivity contribution in [1.82, 2.24) is 0 Å². The van der Waals surface area contributed by atoms with E-state index in [4.69, 9.17) is 4.74 Å². The summed E-state index contributed by atoms with van der Waals surface area (Å²) in [5, 5.41) is 12.1. The van der Waals surface area contributed by atoms with Crippen LogP contribution in [0.25, 0.3) is 0 Å². The third-order valence-corrected chi connectivity index (χ3v) is 4.30. The molecule has 1 aliphatic rings. The van der Waals surface area contributed by atoms with Crippen LogP contribution in [-0.4, -0.2) is 11.2 Å². The van der Waals surface area contributed by atoms with Crippen LogP contribution in [0.2, 0.25) is 0 Å². The van der Waals surface area contributed by atoms with Gasteiger partial charge >= 0.3 is 0 Å². The average molecular weight is 260 g/mol. The second-order valence-electron chi connectivity index (χ2n) is 4.66. The molecule has 94 valence electrons. The Balaban J connectivity index is 1.81. The Hall–Kier alpha value is -1.16.